The summed E-state index contributed by atoms with van der Waals surface area (Å²) in [5, 5.41) is 14.3. The minimum atomic E-state index is -0.492. The van der Waals surface area contributed by atoms with Crippen LogP contribution in [0.25, 0.3) is 0 Å². The maximum absolute atomic E-state index is 11.0. The second-order valence-corrected chi connectivity index (χ2v) is 5.85. The first-order valence-corrected chi connectivity index (χ1v) is 6.79. The lowest BCUT2D eigenvalue weighted by molar-refractivity contribution is -0.384. The summed E-state index contributed by atoms with van der Waals surface area (Å²) in [5.74, 6) is 0.230. The van der Waals surface area contributed by atoms with Crippen molar-refractivity contribution >= 4 is 34.4 Å². The number of anilines is 1. The normalized spacial score (nSPS) is 12.2. The largest absolute Gasteiger partial charge is 0.357 e. The van der Waals surface area contributed by atoms with Gasteiger partial charge in [-0.1, -0.05) is 11.6 Å². The van der Waals surface area contributed by atoms with E-state index in [1.165, 1.54) is 17.1 Å². The first-order chi connectivity index (χ1) is 8.97. The van der Waals surface area contributed by atoms with E-state index in [2.05, 4.69) is 10.3 Å². The number of nitrogens with one attached hydrogen (secondary N) is 1. The molecule has 5 nitrogen and oxygen atoms in total. The number of nitrogens with zero attached hydrogens (tertiary/aromatic N) is 2. The van der Waals surface area contributed by atoms with Crippen molar-refractivity contribution < 1.29 is 4.92 Å². The van der Waals surface area contributed by atoms with E-state index in [-0.39, 0.29) is 22.6 Å². The summed E-state index contributed by atoms with van der Waals surface area (Å²) in [7, 11) is 0. The van der Waals surface area contributed by atoms with Gasteiger partial charge >= 0.3 is 5.69 Å². The number of hydrogen-bond acceptors (Lipinski definition) is 5. The Hall–Kier alpha value is -1.66. The molecule has 0 spiro atoms. The Morgan fingerprint density at radius 1 is 1.53 bits per heavy atom. The SMILES string of the molecule is Cc1ccc(C(C)Nc2ncc(Cl)cc2[N+](=O)[O-])s1. The van der Waals surface area contributed by atoms with Gasteiger partial charge in [-0.2, -0.15) is 0 Å². The molecule has 0 aliphatic rings. The molecule has 100 valence electrons. The van der Waals surface area contributed by atoms with Crippen molar-refractivity contribution in [3.05, 3.63) is 49.3 Å². The topological polar surface area (TPSA) is 68.1 Å². The highest BCUT2D eigenvalue weighted by Gasteiger charge is 2.18. The van der Waals surface area contributed by atoms with Crippen LogP contribution in [0.1, 0.15) is 22.7 Å². The number of thiophene rings is 1. The van der Waals surface area contributed by atoms with Crippen LogP contribution >= 0.6 is 22.9 Å². The van der Waals surface area contributed by atoms with E-state index in [9.17, 15) is 10.1 Å². The fourth-order valence-corrected chi connectivity index (χ4v) is 2.67. The summed E-state index contributed by atoms with van der Waals surface area (Å²) >= 11 is 7.37. The number of pyridine rings is 1. The van der Waals surface area contributed by atoms with Crippen molar-refractivity contribution in [2.45, 2.75) is 19.9 Å². The molecule has 2 rings (SSSR count). The van der Waals surface area contributed by atoms with Gasteiger partial charge < -0.3 is 5.32 Å². The highest BCUT2D eigenvalue weighted by atomic mass is 35.5. The average molecular weight is 298 g/mol. The Morgan fingerprint density at radius 3 is 2.84 bits per heavy atom. The molecular formula is C12H12ClN3O2S. The minimum absolute atomic E-state index is 0.0499. The van der Waals surface area contributed by atoms with Crippen molar-refractivity contribution in [3.8, 4) is 0 Å². The predicted molar refractivity (Wildman–Crippen MR) is 77.0 cm³/mol. The van der Waals surface area contributed by atoms with E-state index in [4.69, 9.17) is 11.6 Å². The molecule has 1 N–H and O–H groups in total. The van der Waals surface area contributed by atoms with Crippen molar-refractivity contribution in [1.29, 1.82) is 0 Å². The van der Waals surface area contributed by atoms with Gasteiger partial charge in [0.05, 0.1) is 16.0 Å². The lowest BCUT2D eigenvalue weighted by Crippen LogP contribution is -2.08. The zero-order chi connectivity index (χ0) is 14.0. The number of aromatic nitrogens is 1. The molecule has 0 aliphatic carbocycles. The van der Waals surface area contributed by atoms with Crippen molar-refractivity contribution in [3.63, 3.8) is 0 Å². The van der Waals surface area contributed by atoms with E-state index in [1.807, 2.05) is 26.0 Å². The predicted octanol–water partition coefficient (Wildman–Crippen LogP) is 4.19. The van der Waals surface area contributed by atoms with Crippen LogP contribution in [0.15, 0.2) is 24.4 Å². The second-order valence-electron chi connectivity index (χ2n) is 4.09. The third-order valence-electron chi connectivity index (χ3n) is 2.57. The van der Waals surface area contributed by atoms with E-state index in [0.717, 1.165) is 4.88 Å². The minimum Gasteiger partial charge on any atom is -0.357 e. The third kappa shape index (κ3) is 3.21. The van der Waals surface area contributed by atoms with Crippen molar-refractivity contribution in [2.75, 3.05) is 5.32 Å². The van der Waals surface area contributed by atoms with Crippen LogP contribution in [0, 0.1) is 17.0 Å². The maximum atomic E-state index is 11.0. The van der Waals surface area contributed by atoms with Crippen LogP contribution in [0.4, 0.5) is 11.5 Å². The van der Waals surface area contributed by atoms with E-state index < -0.39 is 4.92 Å². The molecular weight excluding hydrogens is 286 g/mol. The molecule has 0 saturated heterocycles. The fraction of sp³-hybridized carbons (Fsp3) is 0.250. The molecule has 2 aromatic rings. The van der Waals surface area contributed by atoms with Crippen LogP contribution in [-0.4, -0.2) is 9.91 Å². The molecule has 0 amide bonds. The molecule has 0 aliphatic heterocycles. The Morgan fingerprint density at radius 2 is 2.26 bits per heavy atom. The molecule has 0 aromatic carbocycles. The lowest BCUT2D eigenvalue weighted by Gasteiger charge is -2.12. The molecule has 2 aromatic heterocycles. The molecule has 0 saturated carbocycles. The number of rotatable bonds is 4. The van der Waals surface area contributed by atoms with Crippen LogP contribution < -0.4 is 5.32 Å². The monoisotopic (exact) mass is 297 g/mol. The fourth-order valence-electron chi connectivity index (χ4n) is 1.64. The van der Waals surface area contributed by atoms with Gasteiger partial charge in [0.25, 0.3) is 0 Å². The molecule has 19 heavy (non-hydrogen) atoms. The summed E-state index contributed by atoms with van der Waals surface area (Å²) < 4.78 is 0. The van der Waals surface area contributed by atoms with Crippen LogP contribution in [-0.2, 0) is 0 Å². The standard InChI is InChI=1S/C12H12ClN3O2S/c1-7-3-4-11(19-7)8(2)15-12-10(16(17)18)5-9(13)6-14-12/h3-6,8H,1-2H3,(H,14,15). The molecule has 2 heterocycles. The van der Waals surface area contributed by atoms with E-state index >= 15 is 0 Å². The Balaban J connectivity index is 2.26. The molecule has 1 unspecified atom stereocenters. The van der Waals surface area contributed by atoms with Crippen LogP contribution in [0.3, 0.4) is 0 Å². The van der Waals surface area contributed by atoms with Crippen molar-refractivity contribution in [1.82, 2.24) is 4.98 Å². The smallest absolute Gasteiger partial charge is 0.312 e. The van der Waals surface area contributed by atoms with Gasteiger partial charge in [0.2, 0.25) is 5.82 Å². The van der Waals surface area contributed by atoms with Crippen LogP contribution in [0.5, 0.6) is 0 Å². The molecule has 0 bridgehead atoms. The lowest BCUT2D eigenvalue weighted by atomic mass is 10.2. The zero-order valence-corrected chi connectivity index (χ0v) is 12.0. The highest BCUT2D eigenvalue weighted by Crippen LogP contribution is 2.30. The highest BCUT2D eigenvalue weighted by molar-refractivity contribution is 7.12. The Labute approximate surface area is 119 Å². The second kappa shape index (κ2) is 5.54. The number of hydrogen-bond donors (Lipinski definition) is 1. The Kier molecular flexibility index (Phi) is 4.01. The number of halogens is 1. The van der Waals surface area contributed by atoms with Gasteiger partial charge in [0.1, 0.15) is 0 Å². The summed E-state index contributed by atoms with van der Waals surface area (Å²) in [5.41, 5.74) is -0.118. The van der Waals surface area contributed by atoms with Crippen LogP contribution in [0.2, 0.25) is 5.02 Å². The van der Waals surface area contributed by atoms with E-state index in [1.54, 1.807) is 11.3 Å². The first-order valence-electron chi connectivity index (χ1n) is 5.60. The van der Waals surface area contributed by atoms with Gasteiger partial charge in [-0.05, 0) is 26.0 Å². The van der Waals surface area contributed by atoms with Gasteiger partial charge in [-0.3, -0.25) is 10.1 Å². The quantitative estimate of drug-likeness (QED) is 0.679. The molecule has 1 atom stereocenters. The average Bonchev–Trinajstić information content (AvgIpc) is 2.78. The summed E-state index contributed by atoms with van der Waals surface area (Å²) in [6, 6.07) is 5.26. The van der Waals surface area contributed by atoms with Crippen molar-refractivity contribution in [2.24, 2.45) is 0 Å². The van der Waals surface area contributed by atoms with E-state index in [0.29, 0.717) is 0 Å². The first kappa shape index (κ1) is 13.8. The van der Waals surface area contributed by atoms with Gasteiger partial charge in [-0.25, -0.2) is 4.98 Å². The molecule has 7 heteroatoms. The van der Waals surface area contributed by atoms with Gasteiger partial charge in [0.15, 0.2) is 0 Å². The van der Waals surface area contributed by atoms with Gasteiger partial charge in [0, 0.05) is 22.0 Å². The zero-order valence-electron chi connectivity index (χ0n) is 10.4. The molecule has 0 fully saturated rings. The number of aryl methyl sites for hydroxylation is 1. The summed E-state index contributed by atoms with van der Waals surface area (Å²) in [6.45, 7) is 3.95. The van der Waals surface area contributed by atoms with Gasteiger partial charge in [-0.15, -0.1) is 11.3 Å². The third-order valence-corrected chi connectivity index (χ3v) is 3.96. The summed E-state index contributed by atoms with van der Waals surface area (Å²) in [4.78, 5) is 16.8. The molecule has 0 radical (unpaired) electrons. The Bertz CT molecular complexity index is 615. The number of nitro groups is 1. The summed E-state index contributed by atoms with van der Waals surface area (Å²) in [6.07, 6.45) is 1.39. The maximum Gasteiger partial charge on any atom is 0.312 e.